The quantitative estimate of drug-likeness (QED) is 0.828. The number of sulfonamides is 1. The van der Waals surface area contributed by atoms with Gasteiger partial charge in [0.25, 0.3) is 0 Å². The Kier molecular flexibility index (Phi) is 3.85. The summed E-state index contributed by atoms with van der Waals surface area (Å²) < 4.78 is 38.3. The molecule has 0 spiro atoms. The van der Waals surface area contributed by atoms with Crippen molar-refractivity contribution in [2.75, 3.05) is 19.7 Å². The number of benzene rings is 1. The molecule has 1 aromatic heterocycles. The van der Waals surface area contributed by atoms with Crippen LogP contribution in [0.15, 0.2) is 41.7 Å². The summed E-state index contributed by atoms with van der Waals surface area (Å²) in [6, 6.07) is 5.06. The van der Waals surface area contributed by atoms with E-state index < -0.39 is 10.0 Å². The van der Waals surface area contributed by atoms with Crippen molar-refractivity contribution in [3.8, 4) is 11.6 Å². The van der Waals surface area contributed by atoms with E-state index in [9.17, 15) is 8.42 Å². The summed E-state index contributed by atoms with van der Waals surface area (Å²) in [5, 5.41) is 0. The summed E-state index contributed by atoms with van der Waals surface area (Å²) in [4.78, 5) is 8.32. The fourth-order valence-corrected chi connectivity index (χ4v) is 4.54. The molecule has 0 saturated carbocycles. The van der Waals surface area contributed by atoms with Gasteiger partial charge in [-0.05, 0) is 30.2 Å². The summed E-state index contributed by atoms with van der Waals surface area (Å²) in [7, 11) is -3.52. The molecule has 0 radical (unpaired) electrons. The maximum absolute atomic E-state index is 12.8. The van der Waals surface area contributed by atoms with Gasteiger partial charge < -0.3 is 9.47 Å². The summed E-state index contributed by atoms with van der Waals surface area (Å²) in [5.74, 6) is 1.19. The second-order valence-electron chi connectivity index (χ2n) is 5.80. The van der Waals surface area contributed by atoms with Gasteiger partial charge in [0.05, 0.1) is 24.2 Å². The molecule has 2 aliphatic heterocycles. The smallest absolute Gasteiger partial charge is 0.243 e. The van der Waals surface area contributed by atoms with Crippen molar-refractivity contribution in [3.63, 3.8) is 0 Å². The van der Waals surface area contributed by atoms with E-state index >= 15 is 0 Å². The molecule has 0 unspecified atom stereocenters. The highest BCUT2D eigenvalue weighted by Crippen LogP contribution is 2.30. The Morgan fingerprint density at radius 1 is 1.29 bits per heavy atom. The molecule has 1 aromatic carbocycles. The van der Waals surface area contributed by atoms with Gasteiger partial charge in [0, 0.05) is 25.4 Å². The summed E-state index contributed by atoms with van der Waals surface area (Å²) >= 11 is 0. The van der Waals surface area contributed by atoms with Gasteiger partial charge in [0.2, 0.25) is 15.9 Å². The average molecular weight is 347 g/mol. The minimum Gasteiger partial charge on any atom is -0.493 e. The lowest BCUT2D eigenvalue weighted by molar-refractivity contribution is 0.206. The van der Waals surface area contributed by atoms with E-state index in [2.05, 4.69) is 9.97 Å². The van der Waals surface area contributed by atoms with Crippen LogP contribution in [0.4, 0.5) is 0 Å². The number of aromatic nitrogens is 2. The minimum absolute atomic E-state index is 0.214. The van der Waals surface area contributed by atoms with Crippen LogP contribution in [0, 0.1) is 0 Å². The van der Waals surface area contributed by atoms with Gasteiger partial charge in [-0.2, -0.15) is 4.31 Å². The largest absolute Gasteiger partial charge is 0.493 e. The Hall–Kier alpha value is -2.19. The number of hydrogen-bond acceptors (Lipinski definition) is 6. The second-order valence-corrected chi connectivity index (χ2v) is 7.74. The van der Waals surface area contributed by atoms with Crippen LogP contribution >= 0.6 is 0 Å². The van der Waals surface area contributed by atoms with Crippen molar-refractivity contribution in [3.05, 3.63) is 42.4 Å². The lowest BCUT2D eigenvalue weighted by Gasteiger charge is -2.17. The molecule has 1 atom stereocenters. The van der Waals surface area contributed by atoms with Crippen molar-refractivity contribution in [2.24, 2.45) is 0 Å². The van der Waals surface area contributed by atoms with Crippen molar-refractivity contribution in [2.45, 2.75) is 23.8 Å². The first-order valence-corrected chi connectivity index (χ1v) is 9.25. The van der Waals surface area contributed by atoms with Gasteiger partial charge in [0.1, 0.15) is 11.9 Å². The van der Waals surface area contributed by atoms with E-state index in [0.717, 1.165) is 17.7 Å². The molecule has 0 aliphatic carbocycles. The van der Waals surface area contributed by atoms with Gasteiger partial charge in [-0.3, -0.25) is 4.98 Å². The fraction of sp³-hybridized carbons (Fsp3) is 0.375. The molecular formula is C16H17N3O4S. The molecule has 0 N–H and O–H groups in total. The van der Waals surface area contributed by atoms with Crippen LogP contribution in [0.1, 0.15) is 12.0 Å². The molecule has 4 rings (SSSR count). The minimum atomic E-state index is -3.52. The summed E-state index contributed by atoms with van der Waals surface area (Å²) in [5.41, 5.74) is 0.947. The summed E-state index contributed by atoms with van der Waals surface area (Å²) in [6.45, 7) is 1.35. The zero-order valence-corrected chi connectivity index (χ0v) is 13.8. The molecule has 0 amide bonds. The van der Waals surface area contributed by atoms with Crippen LogP contribution in [0.25, 0.3) is 0 Å². The topological polar surface area (TPSA) is 81.6 Å². The number of nitrogens with zero attached hydrogens (tertiary/aromatic N) is 3. The monoisotopic (exact) mass is 347 g/mol. The highest BCUT2D eigenvalue weighted by molar-refractivity contribution is 7.89. The van der Waals surface area contributed by atoms with Crippen molar-refractivity contribution < 1.29 is 17.9 Å². The predicted octanol–water partition coefficient (Wildman–Crippen LogP) is 1.25. The van der Waals surface area contributed by atoms with E-state index in [4.69, 9.17) is 9.47 Å². The third-order valence-corrected chi connectivity index (χ3v) is 6.09. The second kappa shape index (κ2) is 6.03. The van der Waals surface area contributed by atoms with Crippen molar-refractivity contribution in [1.29, 1.82) is 0 Å². The molecule has 1 fully saturated rings. The first-order valence-electron chi connectivity index (χ1n) is 7.81. The van der Waals surface area contributed by atoms with Crippen LogP contribution in [-0.4, -0.2) is 48.5 Å². The number of rotatable bonds is 4. The van der Waals surface area contributed by atoms with Crippen LogP contribution in [0.2, 0.25) is 0 Å². The molecule has 3 heterocycles. The highest BCUT2D eigenvalue weighted by atomic mass is 32.2. The SMILES string of the molecule is O=S(=O)(c1ccc2c(c1)CCO2)N1CC[C@@H](Oc2cnccn2)C1. The average Bonchev–Trinajstić information content (AvgIpc) is 3.24. The fourth-order valence-electron chi connectivity index (χ4n) is 3.00. The van der Waals surface area contributed by atoms with E-state index in [1.807, 2.05) is 0 Å². The molecule has 2 aromatic rings. The van der Waals surface area contributed by atoms with Crippen LogP contribution in [-0.2, 0) is 16.4 Å². The van der Waals surface area contributed by atoms with Gasteiger partial charge in [-0.25, -0.2) is 13.4 Å². The number of hydrogen-bond donors (Lipinski definition) is 0. The normalized spacial score (nSPS) is 20.6. The predicted molar refractivity (Wildman–Crippen MR) is 85.5 cm³/mol. The van der Waals surface area contributed by atoms with E-state index in [0.29, 0.717) is 36.9 Å². The van der Waals surface area contributed by atoms with Gasteiger partial charge in [0.15, 0.2) is 0 Å². The van der Waals surface area contributed by atoms with Gasteiger partial charge in [-0.1, -0.05) is 0 Å². The molecule has 8 heteroatoms. The molecule has 24 heavy (non-hydrogen) atoms. The van der Waals surface area contributed by atoms with E-state index in [-0.39, 0.29) is 6.10 Å². The Labute approximate surface area is 140 Å². The lowest BCUT2D eigenvalue weighted by Crippen LogP contribution is -2.31. The number of fused-ring (bicyclic) bond motifs is 1. The molecule has 7 nitrogen and oxygen atoms in total. The molecule has 1 saturated heterocycles. The number of ether oxygens (including phenoxy) is 2. The van der Waals surface area contributed by atoms with E-state index in [1.165, 1.54) is 10.5 Å². The lowest BCUT2D eigenvalue weighted by atomic mass is 10.2. The van der Waals surface area contributed by atoms with Gasteiger partial charge in [-0.15, -0.1) is 0 Å². The van der Waals surface area contributed by atoms with Crippen LogP contribution in [0.3, 0.4) is 0 Å². The Morgan fingerprint density at radius 3 is 3.04 bits per heavy atom. The van der Waals surface area contributed by atoms with E-state index in [1.54, 1.807) is 30.6 Å². The standard InChI is InChI=1S/C16H17N3O4S/c20-24(21,14-1-2-15-12(9-14)4-8-22-15)19-7-3-13(11-19)23-16-10-17-5-6-18-16/h1-2,5-6,9-10,13H,3-4,7-8,11H2/t13-/m1/s1. The van der Waals surface area contributed by atoms with Crippen molar-refractivity contribution >= 4 is 10.0 Å². The van der Waals surface area contributed by atoms with Crippen molar-refractivity contribution in [1.82, 2.24) is 14.3 Å². The first kappa shape index (κ1) is 15.3. The van der Waals surface area contributed by atoms with Crippen LogP contribution in [0.5, 0.6) is 11.6 Å². The Bertz CT molecular complexity index is 842. The third-order valence-electron chi connectivity index (χ3n) is 4.23. The van der Waals surface area contributed by atoms with Crippen LogP contribution < -0.4 is 9.47 Å². The maximum atomic E-state index is 12.8. The molecule has 0 bridgehead atoms. The zero-order valence-electron chi connectivity index (χ0n) is 13.0. The third kappa shape index (κ3) is 2.83. The zero-order chi connectivity index (χ0) is 16.6. The van der Waals surface area contributed by atoms with Gasteiger partial charge >= 0.3 is 0 Å². The maximum Gasteiger partial charge on any atom is 0.243 e. The molecule has 2 aliphatic rings. The molecular weight excluding hydrogens is 330 g/mol. The first-order chi connectivity index (χ1) is 11.6. The highest BCUT2D eigenvalue weighted by Gasteiger charge is 2.34. The molecule has 126 valence electrons. The summed E-state index contributed by atoms with van der Waals surface area (Å²) in [6.07, 6.45) is 5.80. The Balaban J connectivity index is 1.49. The Morgan fingerprint density at radius 2 is 2.21 bits per heavy atom.